The van der Waals surface area contributed by atoms with E-state index in [0.29, 0.717) is 28.9 Å². The van der Waals surface area contributed by atoms with E-state index < -0.39 is 35.7 Å². The van der Waals surface area contributed by atoms with Crippen LogP contribution < -0.4 is 4.74 Å². The zero-order valence-electron chi connectivity index (χ0n) is 20.6. The van der Waals surface area contributed by atoms with E-state index >= 15 is 0 Å². The number of nitrogens with zero attached hydrogens (tertiary/aromatic N) is 1. The van der Waals surface area contributed by atoms with Crippen molar-refractivity contribution < 1.29 is 29.4 Å². The summed E-state index contributed by atoms with van der Waals surface area (Å²) in [6.45, 7) is 7.78. The average molecular weight is 480 g/mol. The molecule has 3 N–H and O–H groups in total. The summed E-state index contributed by atoms with van der Waals surface area (Å²) in [7, 11) is 0. The molecule has 7 nitrogen and oxygen atoms in total. The Morgan fingerprint density at radius 3 is 2.77 bits per heavy atom. The molecule has 0 amide bonds. The zero-order chi connectivity index (χ0) is 24.9. The second-order valence-corrected chi connectivity index (χ2v) is 11.5. The van der Waals surface area contributed by atoms with Crippen molar-refractivity contribution >= 4 is 16.8 Å². The van der Waals surface area contributed by atoms with E-state index in [-0.39, 0.29) is 28.6 Å². The smallest absolute Gasteiger partial charge is 0.262 e. The van der Waals surface area contributed by atoms with Crippen LogP contribution >= 0.6 is 0 Å². The maximum absolute atomic E-state index is 14.2. The van der Waals surface area contributed by atoms with Gasteiger partial charge in [0.05, 0.1) is 17.4 Å². The molecule has 35 heavy (non-hydrogen) atoms. The molecule has 1 spiro atoms. The van der Waals surface area contributed by atoms with Crippen LogP contribution in [0.15, 0.2) is 46.0 Å². The van der Waals surface area contributed by atoms with E-state index in [0.717, 1.165) is 18.4 Å². The molecule has 7 heteroatoms. The number of aryl methyl sites for hydroxylation is 1. The van der Waals surface area contributed by atoms with Crippen LogP contribution in [-0.2, 0) is 11.2 Å². The van der Waals surface area contributed by atoms with Gasteiger partial charge in [0.1, 0.15) is 6.10 Å². The molecule has 1 aromatic heterocycles. The third-order valence-corrected chi connectivity index (χ3v) is 9.61. The second kappa shape index (κ2) is 7.28. The van der Waals surface area contributed by atoms with Crippen molar-refractivity contribution in [3.8, 4) is 5.88 Å². The number of aliphatic hydroxyl groups is 3. The topological polar surface area (TPSA) is 113 Å². The minimum absolute atomic E-state index is 0.0106. The fourth-order valence-electron chi connectivity index (χ4n) is 7.59. The number of carbonyl (C=O) groups excluding carboxylic acids is 1. The van der Waals surface area contributed by atoms with Gasteiger partial charge in [-0.1, -0.05) is 39.0 Å². The molecule has 1 aromatic carbocycles. The first kappa shape index (κ1) is 23.0. The summed E-state index contributed by atoms with van der Waals surface area (Å²) in [4.78, 5) is 14.2. The van der Waals surface area contributed by atoms with Crippen LogP contribution in [-0.4, -0.2) is 50.7 Å². The van der Waals surface area contributed by atoms with Gasteiger partial charge >= 0.3 is 0 Å². The highest BCUT2D eigenvalue weighted by Gasteiger charge is 2.74. The van der Waals surface area contributed by atoms with E-state index in [1.807, 2.05) is 31.2 Å². The Kier molecular flexibility index (Phi) is 4.77. The van der Waals surface area contributed by atoms with Crippen molar-refractivity contribution in [2.45, 2.75) is 64.8 Å². The number of ether oxygens (including phenoxy) is 1. The molecule has 0 saturated heterocycles. The lowest BCUT2D eigenvalue weighted by Crippen LogP contribution is -2.64. The van der Waals surface area contributed by atoms with E-state index in [1.165, 1.54) is 0 Å². The minimum atomic E-state index is -1.98. The number of hydrogen-bond donors (Lipinski definition) is 3. The Hall–Kier alpha value is -2.48. The highest BCUT2D eigenvalue weighted by Crippen LogP contribution is 2.70. The minimum Gasteiger partial charge on any atom is -0.464 e. The third kappa shape index (κ3) is 2.77. The Labute approximate surface area is 204 Å². The van der Waals surface area contributed by atoms with Crippen LogP contribution in [0, 0.1) is 28.6 Å². The molecule has 2 unspecified atom stereocenters. The van der Waals surface area contributed by atoms with Crippen LogP contribution in [0.25, 0.3) is 11.0 Å². The van der Waals surface area contributed by atoms with Crippen molar-refractivity contribution in [2.75, 3.05) is 6.61 Å². The predicted octanol–water partition coefficient (Wildman–Crippen LogP) is 3.36. The maximum atomic E-state index is 14.2. The molecular weight excluding hydrogens is 446 g/mol. The van der Waals surface area contributed by atoms with Crippen molar-refractivity contribution in [1.29, 1.82) is 0 Å². The summed E-state index contributed by atoms with van der Waals surface area (Å²) in [5.41, 5.74) is -0.671. The van der Waals surface area contributed by atoms with Gasteiger partial charge in [-0.25, -0.2) is 0 Å². The lowest BCUT2D eigenvalue weighted by Gasteiger charge is -2.46. The van der Waals surface area contributed by atoms with Crippen LogP contribution in [0.1, 0.15) is 46.1 Å². The summed E-state index contributed by atoms with van der Waals surface area (Å²) >= 11 is 0. The van der Waals surface area contributed by atoms with Crippen LogP contribution in [0.5, 0.6) is 5.88 Å². The molecule has 2 fully saturated rings. The van der Waals surface area contributed by atoms with Gasteiger partial charge in [0.25, 0.3) is 5.88 Å². The molecule has 4 aliphatic carbocycles. The Morgan fingerprint density at radius 2 is 2.06 bits per heavy atom. The Morgan fingerprint density at radius 1 is 1.29 bits per heavy atom. The number of aromatic nitrogens is 1. The highest BCUT2D eigenvalue weighted by atomic mass is 16.6. The first-order chi connectivity index (χ1) is 16.6. The number of rotatable bonds is 4. The van der Waals surface area contributed by atoms with Gasteiger partial charge < -0.3 is 24.6 Å². The first-order valence-corrected chi connectivity index (χ1v) is 12.6. The van der Waals surface area contributed by atoms with Crippen LogP contribution in [0.3, 0.4) is 0 Å². The lowest BCUT2D eigenvalue weighted by atomic mass is 9.63. The van der Waals surface area contributed by atoms with Crippen molar-refractivity contribution in [2.24, 2.45) is 28.6 Å². The zero-order valence-corrected chi connectivity index (χ0v) is 20.6. The fourth-order valence-corrected chi connectivity index (χ4v) is 7.59. The van der Waals surface area contributed by atoms with Crippen molar-refractivity contribution in [3.05, 3.63) is 47.1 Å². The van der Waals surface area contributed by atoms with E-state index in [1.54, 1.807) is 6.08 Å². The van der Waals surface area contributed by atoms with Gasteiger partial charge in [-0.15, -0.1) is 0 Å². The van der Waals surface area contributed by atoms with Gasteiger partial charge in [0, 0.05) is 5.92 Å². The van der Waals surface area contributed by atoms with Gasteiger partial charge in [-0.05, 0) is 77.4 Å². The van der Waals surface area contributed by atoms with Crippen LogP contribution in [0.2, 0.25) is 0 Å². The van der Waals surface area contributed by atoms with E-state index in [9.17, 15) is 20.1 Å². The molecule has 2 bridgehead atoms. The molecule has 7 atom stereocenters. The number of aliphatic hydroxyl groups excluding tert-OH is 2. The summed E-state index contributed by atoms with van der Waals surface area (Å²) in [5, 5.41) is 38.9. The highest BCUT2D eigenvalue weighted by molar-refractivity contribution is 5.95. The van der Waals surface area contributed by atoms with Crippen LogP contribution in [0.4, 0.5) is 0 Å². The number of allylic oxidation sites excluding steroid dienone is 1. The largest absolute Gasteiger partial charge is 0.464 e. The molecular formula is C28H33NO6. The predicted molar refractivity (Wildman–Crippen MR) is 129 cm³/mol. The first-order valence-electron chi connectivity index (χ1n) is 12.6. The summed E-state index contributed by atoms with van der Waals surface area (Å²) < 4.78 is 11.8. The van der Waals surface area contributed by atoms with Gasteiger partial charge in [0.15, 0.2) is 23.1 Å². The number of carbonyl (C=O) groups is 1. The van der Waals surface area contributed by atoms with Gasteiger partial charge in [0.2, 0.25) is 0 Å². The standard InChI is InChI=1S/C28H33NO6/c1-5-15-6-7-17-20(10-15)35-29-25(17)34-24-14(2)12-27-9-8-19-21(26(19,3)4)18(23(27)32)11-16(13-30)22(31)28(24,27)33/h6-7,10-12,18-19,21-22,24,30-31,33H,5,8-9,13H2,1-4H3/t18-,19?,21?,22+,24-,27+,28-/m0/s1. The molecule has 186 valence electrons. The number of hydrogen-bond acceptors (Lipinski definition) is 7. The maximum Gasteiger partial charge on any atom is 0.262 e. The Bertz CT molecular complexity index is 1290. The summed E-state index contributed by atoms with van der Waals surface area (Å²) in [6.07, 6.45) is 3.09. The third-order valence-electron chi connectivity index (χ3n) is 9.61. The molecule has 2 aromatic rings. The fraction of sp³-hybridized carbons (Fsp3) is 0.571. The molecule has 0 aliphatic heterocycles. The monoisotopic (exact) mass is 479 g/mol. The second-order valence-electron chi connectivity index (χ2n) is 11.5. The molecule has 4 aliphatic rings. The SMILES string of the molecule is CCc1ccc2c(O[C@H]3C(C)=C[C@@]45CCC6C([C@H](C=C(CO)[C@@H](O)[C@]34O)C5=O)C6(C)C)noc2c1. The van der Waals surface area contributed by atoms with E-state index in [2.05, 4.69) is 25.9 Å². The molecule has 1 heterocycles. The average Bonchev–Trinajstić information content (AvgIpc) is 3.12. The number of benzene rings is 1. The van der Waals surface area contributed by atoms with Gasteiger partial charge in [-0.3, -0.25) is 4.79 Å². The molecule has 0 radical (unpaired) electrons. The lowest BCUT2D eigenvalue weighted by molar-refractivity contribution is -0.177. The van der Waals surface area contributed by atoms with Gasteiger partial charge in [-0.2, -0.15) is 0 Å². The number of Topliss-reactive ketones (excluding diaryl/α,β-unsaturated/α-hetero) is 1. The number of ketones is 1. The quantitative estimate of drug-likeness (QED) is 0.577. The van der Waals surface area contributed by atoms with E-state index in [4.69, 9.17) is 9.26 Å². The normalized spacial score (nSPS) is 39.3. The molecule has 6 rings (SSSR count). The molecule has 2 saturated carbocycles. The van der Waals surface area contributed by atoms with Crippen molar-refractivity contribution in [3.63, 3.8) is 0 Å². The summed E-state index contributed by atoms with van der Waals surface area (Å²) in [5.74, 6) is 0.132. The summed E-state index contributed by atoms with van der Waals surface area (Å²) in [6, 6.07) is 5.75. The number of fused-ring (bicyclic) bond motifs is 4. The Balaban J connectivity index is 1.46. The van der Waals surface area contributed by atoms with Crippen molar-refractivity contribution in [1.82, 2.24) is 5.16 Å².